The molecule has 1 aliphatic heterocycles. The Bertz CT molecular complexity index is 794. The second kappa shape index (κ2) is 8.58. The number of aliphatic carboxylic acids is 1. The zero-order valence-corrected chi connectivity index (χ0v) is 15.3. The smallest absolute Gasteiger partial charge is 0.341 e. The number of amides is 1. The Morgan fingerprint density at radius 1 is 1.07 bits per heavy atom. The fourth-order valence-corrected chi connectivity index (χ4v) is 3.03. The second-order valence-electron chi connectivity index (χ2n) is 6.63. The first-order valence-electron chi connectivity index (χ1n) is 8.98. The van der Waals surface area contributed by atoms with Crippen molar-refractivity contribution in [2.45, 2.75) is 25.9 Å². The SMILES string of the molecule is Cc1ccc(OC2CCN(C(=O)c3cccc(OCC(=O)O)c3)CC2)cc1. The molecule has 1 saturated heterocycles. The standard InChI is InChI=1S/C21H23NO5/c1-15-5-7-17(8-6-15)27-18-9-11-22(12-10-18)21(25)16-3-2-4-19(13-16)26-14-20(23)24/h2-8,13,18H,9-12,14H2,1H3,(H,23,24). The molecule has 6 nitrogen and oxygen atoms in total. The Hall–Kier alpha value is -3.02. The van der Waals surface area contributed by atoms with Gasteiger partial charge >= 0.3 is 5.97 Å². The summed E-state index contributed by atoms with van der Waals surface area (Å²) in [4.78, 5) is 25.1. The zero-order chi connectivity index (χ0) is 19.2. The van der Waals surface area contributed by atoms with Gasteiger partial charge in [0.25, 0.3) is 5.91 Å². The van der Waals surface area contributed by atoms with Gasteiger partial charge in [0.1, 0.15) is 17.6 Å². The topological polar surface area (TPSA) is 76.1 Å². The van der Waals surface area contributed by atoms with Gasteiger partial charge < -0.3 is 19.5 Å². The lowest BCUT2D eigenvalue weighted by atomic mass is 10.1. The Morgan fingerprint density at radius 2 is 1.78 bits per heavy atom. The van der Waals surface area contributed by atoms with Crippen molar-refractivity contribution in [3.05, 3.63) is 59.7 Å². The highest BCUT2D eigenvalue weighted by atomic mass is 16.5. The fraction of sp³-hybridized carbons (Fsp3) is 0.333. The molecule has 1 aliphatic rings. The van der Waals surface area contributed by atoms with E-state index in [4.69, 9.17) is 14.6 Å². The summed E-state index contributed by atoms with van der Waals surface area (Å²) in [6, 6.07) is 14.6. The van der Waals surface area contributed by atoms with Gasteiger partial charge in [-0.15, -0.1) is 0 Å². The van der Waals surface area contributed by atoms with E-state index in [9.17, 15) is 9.59 Å². The number of aryl methyl sites for hydroxylation is 1. The van der Waals surface area contributed by atoms with E-state index in [0.717, 1.165) is 18.6 Å². The summed E-state index contributed by atoms with van der Waals surface area (Å²) in [7, 11) is 0. The number of benzene rings is 2. The fourth-order valence-electron chi connectivity index (χ4n) is 3.03. The molecule has 2 aromatic carbocycles. The molecule has 27 heavy (non-hydrogen) atoms. The van der Waals surface area contributed by atoms with Crippen LogP contribution in [0, 0.1) is 6.92 Å². The first kappa shape index (κ1) is 18.8. The highest BCUT2D eigenvalue weighted by molar-refractivity contribution is 5.94. The number of hydrogen-bond donors (Lipinski definition) is 1. The van der Waals surface area contributed by atoms with Gasteiger partial charge in [-0.05, 0) is 37.3 Å². The third kappa shape index (κ3) is 5.23. The minimum atomic E-state index is -1.05. The number of piperidine rings is 1. The van der Waals surface area contributed by atoms with E-state index in [-0.39, 0.29) is 12.0 Å². The Kier molecular flexibility index (Phi) is 5.96. The van der Waals surface area contributed by atoms with Crippen LogP contribution in [-0.4, -0.2) is 47.7 Å². The van der Waals surface area contributed by atoms with E-state index in [1.807, 2.05) is 31.2 Å². The van der Waals surface area contributed by atoms with E-state index >= 15 is 0 Å². The lowest BCUT2D eigenvalue weighted by Crippen LogP contribution is -2.41. The molecule has 0 saturated carbocycles. The van der Waals surface area contributed by atoms with Crippen molar-refractivity contribution in [3.63, 3.8) is 0 Å². The molecule has 6 heteroatoms. The average Bonchev–Trinajstić information content (AvgIpc) is 2.68. The summed E-state index contributed by atoms with van der Waals surface area (Å²) < 4.78 is 11.2. The molecule has 0 spiro atoms. The van der Waals surface area contributed by atoms with Crippen molar-refractivity contribution in [3.8, 4) is 11.5 Å². The molecule has 1 N–H and O–H groups in total. The largest absolute Gasteiger partial charge is 0.490 e. The maximum Gasteiger partial charge on any atom is 0.341 e. The molecule has 0 aromatic heterocycles. The lowest BCUT2D eigenvalue weighted by Gasteiger charge is -2.32. The molecular weight excluding hydrogens is 346 g/mol. The number of nitrogens with zero attached hydrogens (tertiary/aromatic N) is 1. The molecule has 142 valence electrons. The van der Waals surface area contributed by atoms with Crippen molar-refractivity contribution in [1.29, 1.82) is 0 Å². The van der Waals surface area contributed by atoms with Gasteiger partial charge in [-0.1, -0.05) is 23.8 Å². The summed E-state index contributed by atoms with van der Waals surface area (Å²) in [6.07, 6.45) is 1.64. The molecule has 1 amide bonds. The number of ether oxygens (including phenoxy) is 2. The normalized spacial score (nSPS) is 14.6. The van der Waals surface area contributed by atoms with Crippen molar-refractivity contribution in [1.82, 2.24) is 4.90 Å². The molecule has 0 unspecified atom stereocenters. The van der Waals surface area contributed by atoms with Gasteiger partial charge in [0.15, 0.2) is 6.61 Å². The summed E-state index contributed by atoms with van der Waals surface area (Å²) in [5, 5.41) is 8.69. The van der Waals surface area contributed by atoms with Gasteiger partial charge in [-0.25, -0.2) is 4.79 Å². The Morgan fingerprint density at radius 3 is 2.44 bits per heavy atom. The van der Waals surface area contributed by atoms with Gasteiger partial charge in [0.2, 0.25) is 0 Å². The number of carboxylic acids is 1. The predicted molar refractivity (Wildman–Crippen MR) is 100 cm³/mol. The molecule has 0 atom stereocenters. The van der Waals surface area contributed by atoms with E-state index in [2.05, 4.69) is 0 Å². The summed E-state index contributed by atoms with van der Waals surface area (Å²) in [5.41, 5.74) is 1.69. The summed E-state index contributed by atoms with van der Waals surface area (Å²) in [5.74, 6) is 0.0986. The van der Waals surface area contributed by atoms with Gasteiger partial charge in [-0.3, -0.25) is 4.79 Å². The van der Waals surface area contributed by atoms with Gasteiger partial charge in [0, 0.05) is 31.5 Å². The monoisotopic (exact) mass is 369 g/mol. The zero-order valence-electron chi connectivity index (χ0n) is 15.3. The van der Waals surface area contributed by atoms with Crippen LogP contribution in [-0.2, 0) is 4.79 Å². The van der Waals surface area contributed by atoms with Crippen LogP contribution in [0.5, 0.6) is 11.5 Å². The number of hydrogen-bond acceptors (Lipinski definition) is 4. The quantitative estimate of drug-likeness (QED) is 0.847. The van der Waals surface area contributed by atoms with Gasteiger partial charge in [0.05, 0.1) is 0 Å². The molecule has 1 heterocycles. The Labute approximate surface area is 158 Å². The molecule has 3 rings (SSSR count). The number of likely N-dealkylation sites (tertiary alicyclic amines) is 1. The minimum absolute atomic E-state index is 0.0791. The lowest BCUT2D eigenvalue weighted by molar-refractivity contribution is -0.139. The predicted octanol–water partition coefficient (Wildman–Crippen LogP) is 3.14. The van der Waals surface area contributed by atoms with Crippen LogP contribution >= 0.6 is 0 Å². The van der Waals surface area contributed by atoms with Crippen LogP contribution < -0.4 is 9.47 Å². The second-order valence-corrected chi connectivity index (χ2v) is 6.63. The van der Waals surface area contributed by atoms with Crippen LogP contribution in [0.3, 0.4) is 0 Å². The number of carboxylic acid groups (broad SMARTS) is 1. The molecule has 2 aromatic rings. The molecule has 0 bridgehead atoms. The minimum Gasteiger partial charge on any atom is -0.490 e. The molecule has 0 radical (unpaired) electrons. The van der Waals surface area contributed by atoms with Crippen molar-refractivity contribution in [2.24, 2.45) is 0 Å². The molecular formula is C21H23NO5. The van der Waals surface area contributed by atoms with Crippen LogP contribution in [0.4, 0.5) is 0 Å². The van der Waals surface area contributed by atoms with Crippen LogP contribution in [0.2, 0.25) is 0 Å². The maximum atomic E-state index is 12.7. The number of carbonyl (C=O) groups excluding carboxylic acids is 1. The third-order valence-corrected chi connectivity index (χ3v) is 4.50. The van der Waals surface area contributed by atoms with Gasteiger partial charge in [-0.2, -0.15) is 0 Å². The van der Waals surface area contributed by atoms with E-state index in [1.165, 1.54) is 5.56 Å². The summed E-state index contributed by atoms with van der Waals surface area (Å²) >= 11 is 0. The number of rotatable bonds is 6. The first-order valence-corrected chi connectivity index (χ1v) is 8.98. The molecule has 0 aliphatic carbocycles. The molecule has 1 fully saturated rings. The first-order chi connectivity index (χ1) is 13.0. The average molecular weight is 369 g/mol. The number of carbonyl (C=O) groups is 2. The summed E-state index contributed by atoms with van der Waals surface area (Å²) in [6.45, 7) is 2.85. The van der Waals surface area contributed by atoms with Crippen molar-refractivity contribution >= 4 is 11.9 Å². The van der Waals surface area contributed by atoms with Crippen LogP contribution in [0.25, 0.3) is 0 Å². The van der Waals surface area contributed by atoms with Crippen LogP contribution in [0.1, 0.15) is 28.8 Å². The van der Waals surface area contributed by atoms with E-state index < -0.39 is 12.6 Å². The third-order valence-electron chi connectivity index (χ3n) is 4.50. The Balaban J connectivity index is 1.54. The van der Waals surface area contributed by atoms with Crippen molar-refractivity contribution < 1.29 is 24.2 Å². The van der Waals surface area contributed by atoms with Crippen LogP contribution in [0.15, 0.2) is 48.5 Å². The maximum absolute atomic E-state index is 12.7. The highest BCUT2D eigenvalue weighted by Gasteiger charge is 2.25. The van der Waals surface area contributed by atoms with E-state index in [0.29, 0.717) is 24.4 Å². The highest BCUT2D eigenvalue weighted by Crippen LogP contribution is 2.22. The van der Waals surface area contributed by atoms with Crippen molar-refractivity contribution in [2.75, 3.05) is 19.7 Å². The van der Waals surface area contributed by atoms with E-state index in [1.54, 1.807) is 29.2 Å².